The molecule has 2 N–H and O–H groups in total. The topological polar surface area (TPSA) is 53.5 Å². The molecule has 2 aromatic carbocycles. The van der Waals surface area contributed by atoms with E-state index in [1.54, 1.807) is 19.1 Å². The number of aryl methyl sites for hydroxylation is 1. The van der Waals surface area contributed by atoms with Crippen molar-refractivity contribution in [2.24, 2.45) is 5.10 Å². The van der Waals surface area contributed by atoms with Crippen molar-refractivity contribution in [1.82, 2.24) is 5.43 Å². The van der Waals surface area contributed by atoms with Crippen LogP contribution in [-0.2, 0) is 4.79 Å². The molecule has 114 valence electrons. The molecule has 2 rings (SSSR count). The van der Waals surface area contributed by atoms with E-state index in [1.165, 1.54) is 18.3 Å². The molecule has 0 aliphatic heterocycles. The number of benzene rings is 2. The molecular weight excluding hydrogens is 281 g/mol. The highest BCUT2D eigenvalue weighted by molar-refractivity contribution is 5.86. The lowest BCUT2D eigenvalue weighted by Crippen LogP contribution is -2.34. The van der Waals surface area contributed by atoms with Crippen LogP contribution < -0.4 is 10.7 Å². The Morgan fingerprint density at radius 3 is 2.41 bits per heavy atom. The Morgan fingerprint density at radius 2 is 1.77 bits per heavy atom. The first-order valence-electron chi connectivity index (χ1n) is 6.96. The summed E-state index contributed by atoms with van der Waals surface area (Å²) in [6.07, 6.45) is 1.47. The van der Waals surface area contributed by atoms with E-state index in [0.29, 0.717) is 5.56 Å². The fourth-order valence-electron chi connectivity index (χ4n) is 1.78. The van der Waals surface area contributed by atoms with Gasteiger partial charge in [-0.15, -0.1) is 0 Å². The molecule has 0 fully saturated rings. The van der Waals surface area contributed by atoms with E-state index >= 15 is 0 Å². The molecular formula is C17H18FN3O. The van der Waals surface area contributed by atoms with Gasteiger partial charge in [-0.05, 0) is 43.7 Å². The Labute approximate surface area is 129 Å². The van der Waals surface area contributed by atoms with Crippen molar-refractivity contribution in [2.75, 3.05) is 5.32 Å². The largest absolute Gasteiger partial charge is 0.374 e. The SMILES string of the molecule is Cc1ccc(NC(C)C(=O)NN=Cc2ccc(F)cc2)cc1. The number of carbonyl (C=O) groups excluding carboxylic acids is 1. The standard InChI is InChI=1S/C17H18FN3O/c1-12-3-9-16(10-4-12)20-13(2)17(22)21-19-11-14-5-7-15(18)8-6-14/h3-11,13,20H,1-2H3,(H,21,22). The Hall–Kier alpha value is -2.69. The number of halogens is 1. The van der Waals surface area contributed by atoms with Crippen molar-refractivity contribution in [3.63, 3.8) is 0 Å². The molecule has 1 amide bonds. The summed E-state index contributed by atoms with van der Waals surface area (Å²) in [6.45, 7) is 3.76. The van der Waals surface area contributed by atoms with Gasteiger partial charge in [0.2, 0.25) is 0 Å². The van der Waals surface area contributed by atoms with Gasteiger partial charge in [0, 0.05) is 5.69 Å². The smallest absolute Gasteiger partial charge is 0.262 e. The number of anilines is 1. The van der Waals surface area contributed by atoms with Gasteiger partial charge >= 0.3 is 0 Å². The predicted octanol–water partition coefficient (Wildman–Crippen LogP) is 3.08. The molecule has 2 aromatic rings. The molecule has 0 saturated heterocycles. The second kappa shape index (κ2) is 7.36. The van der Waals surface area contributed by atoms with Gasteiger partial charge in [0.05, 0.1) is 6.21 Å². The van der Waals surface area contributed by atoms with Gasteiger partial charge < -0.3 is 5.32 Å². The number of nitrogens with one attached hydrogen (secondary N) is 2. The zero-order valence-corrected chi connectivity index (χ0v) is 12.5. The third kappa shape index (κ3) is 4.70. The third-order valence-corrected chi connectivity index (χ3v) is 3.09. The minimum atomic E-state index is -0.423. The molecule has 0 heterocycles. The lowest BCUT2D eigenvalue weighted by atomic mass is 10.2. The van der Waals surface area contributed by atoms with Crippen LogP contribution >= 0.6 is 0 Å². The highest BCUT2D eigenvalue weighted by Gasteiger charge is 2.11. The third-order valence-electron chi connectivity index (χ3n) is 3.09. The quantitative estimate of drug-likeness (QED) is 0.658. The minimum absolute atomic E-state index is 0.251. The van der Waals surface area contributed by atoms with Crippen molar-refractivity contribution in [2.45, 2.75) is 19.9 Å². The summed E-state index contributed by atoms with van der Waals surface area (Å²) in [6, 6.07) is 13.2. The van der Waals surface area contributed by atoms with E-state index in [2.05, 4.69) is 15.8 Å². The van der Waals surface area contributed by atoms with Crippen molar-refractivity contribution in [3.8, 4) is 0 Å². The summed E-state index contributed by atoms with van der Waals surface area (Å²) < 4.78 is 12.8. The van der Waals surface area contributed by atoms with Gasteiger partial charge in [0.25, 0.3) is 5.91 Å². The molecule has 1 unspecified atom stereocenters. The first kappa shape index (κ1) is 15.7. The van der Waals surface area contributed by atoms with Gasteiger partial charge in [-0.1, -0.05) is 29.8 Å². The Kier molecular flexibility index (Phi) is 5.25. The number of rotatable bonds is 5. The van der Waals surface area contributed by atoms with Crippen LogP contribution in [0.25, 0.3) is 0 Å². The van der Waals surface area contributed by atoms with Gasteiger partial charge in [-0.25, -0.2) is 9.82 Å². The van der Waals surface area contributed by atoms with Crippen molar-refractivity contribution >= 4 is 17.8 Å². The number of hydrogen-bond acceptors (Lipinski definition) is 3. The van der Waals surface area contributed by atoms with E-state index in [4.69, 9.17) is 0 Å². The summed E-state index contributed by atoms with van der Waals surface area (Å²) in [5, 5.41) is 6.95. The first-order valence-corrected chi connectivity index (χ1v) is 6.96. The normalized spacial score (nSPS) is 12.1. The predicted molar refractivity (Wildman–Crippen MR) is 86.4 cm³/mol. The van der Waals surface area contributed by atoms with Gasteiger partial charge in [0.15, 0.2) is 0 Å². The van der Waals surface area contributed by atoms with Crippen LogP contribution in [0.2, 0.25) is 0 Å². The van der Waals surface area contributed by atoms with Crippen LogP contribution in [0, 0.1) is 12.7 Å². The first-order chi connectivity index (χ1) is 10.5. The second-order valence-electron chi connectivity index (χ2n) is 5.02. The molecule has 0 aliphatic carbocycles. The molecule has 4 nitrogen and oxygen atoms in total. The number of carbonyl (C=O) groups is 1. The summed E-state index contributed by atoms with van der Waals surface area (Å²) >= 11 is 0. The molecule has 0 radical (unpaired) electrons. The van der Waals surface area contributed by atoms with Crippen LogP contribution in [0.3, 0.4) is 0 Å². The van der Waals surface area contributed by atoms with E-state index in [-0.39, 0.29) is 11.7 Å². The average Bonchev–Trinajstić information content (AvgIpc) is 2.51. The highest BCUT2D eigenvalue weighted by atomic mass is 19.1. The molecule has 0 saturated carbocycles. The molecule has 0 spiro atoms. The Bertz CT molecular complexity index is 651. The molecule has 0 bridgehead atoms. The molecule has 0 aromatic heterocycles. The fraction of sp³-hybridized carbons (Fsp3) is 0.176. The summed E-state index contributed by atoms with van der Waals surface area (Å²) in [5.74, 6) is -0.559. The minimum Gasteiger partial charge on any atom is -0.374 e. The molecule has 1 atom stereocenters. The van der Waals surface area contributed by atoms with E-state index < -0.39 is 6.04 Å². The molecule has 0 aliphatic rings. The summed E-state index contributed by atoms with van der Waals surface area (Å²) in [7, 11) is 0. The monoisotopic (exact) mass is 299 g/mol. The number of amides is 1. The van der Waals surface area contributed by atoms with Gasteiger partial charge in [-0.2, -0.15) is 5.10 Å². The highest BCUT2D eigenvalue weighted by Crippen LogP contribution is 2.09. The summed E-state index contributed by atoms with van der Waals surface area (Å²) in [4.78, 5) is 11.9. The van der Waals surface area contributed by atoms with E-state index in [0.717, 1.165) is 11.3 Å². The number of hydrazone groups is 1. The van der Waals surface area contributed by atoms with Crippen LogP contribution in [0.4, 0.5) is 10.1 Å². The van der Waals surface area contributed by atoms with Crippen molar-refractivity contribution in [1.29, 1.82) is 0 Å². The van der Waals surface area contributed by atoms with Crippen LogP contribution in [0.15, 0.2) is 53.6 Å². The van der Waals surface area contributed by atoms with Gasteiger partial charge in [-0.3, -0.25) is 4.79 Å². The molecule has 5 heteroatoms. The second-order valence-corrected chi connectivity index (χ2v) is 5.02. The number of nitrogens with zero attached hydrogens (tertiary/aromatic N) is 1. The average molecular weight is 299 g/mol. The van der Waals surface area contributed by atoms with Crippen LogP contribution in [0.1, 0.15) is 18.1 Å². The van der Waals surface area contributed by atoms with Crippen molar-refractivity contribution in [3.05, 3.63) is 65.5 Å². The Morgan fingerprint density at radius 1 is 1.14 bits per heavy atom. The maximum atomic E-state index is 12.8. The van der Waals surface area contributed by atoms with E-state index in [9.17, 15) is 9.18 Å². The maximum Gasteiger partial charge on any atom is 0.262 e. The zero-order valence-electron chi connectivity index (χ0n) is 12.5. The molecule has 22 heavy (non-hydrogen) atoms. The van der Waals surface area contributed by atoms with Crippen molar-refractivity contribution < 1.29 is 9.18 Å². The van der Waals surface area contributed by atoms with Crippen LogP contribution in [0.5, 0.6) is 0 Å². The Balaban J connectivity index is 1.85. The lowest BCUT2D eigenvalue weighted by molar-refractivity contribution is -0.121. The fourth-order valence-corrected chi connectivity index (χ4v) is 1.78. The van der Waals surface area contributed by atoms with Crippen LogP contribution in [-0.4, -0.2) is 18.2 Å². The summed E-state index contributed by atoms with van der Waals surface area (Å²) in [5.41, 5.74) is 5.19. The van der Waals surface area contributed by atoms with Gasteiger partial charge in [0.1, 0.15) is 11.9 Å². The van der Waals surface area contributed by atoms with E-state index in [1.807, 2.05) is 31.2 Å². The number of hydrogen-bond donors (Lipinski definition) is 2. The zero-order chi connectivity index (χ0) is 15.9. The maximum absolute atomic E-state index is 12.8. The lowest BCUT2D eigenvalue weighted by Gasteiger charge is -2.13.